The Kier molecular flexibility index (Phi) is 5.97. The SMILES string of the molecule is Cc1ccc(N=Cc2ccccc2OCc2ccc(Cl)cc2Cl)cc1C. The molecule has 0 heterocycles. The summed E-state index contributed by atoms with van der Waals surface area (Å²) < 4.78 is 5.96. The average molecular weight is 384 g/mol. The van der Waals surface area contributed by atoms with Crippen molar-refractivity contribution in [3.05, 3.63) is 93.0 Å². The van der Waals surface area contributed by atoms with Gasteiger partial charge in [-0.15, -0.1) is 0 Å². The van der Waals surface area contributed by atoms with Gasteiger partial charge in [-0.1, -0.05) is 47.5 Å². The fraction of sp³-hybridized carbons (Fsp3) is 0.136. The number of ether oxygens (including phenoxy) is 1. The third-order valence-electron chi connectivity index (χ3n) is 4.16. The molecule has 4 heteroatoms. The van der Waals surface area contributed by atoms with E-state index < -0.39 is 0 Å². The number of hydrogen-bond donors (Lipinski definition) is 0. The van der Waals surface area contributed by atoms with Gasteiger partial charge in [-0.2, -0.15) is 0 Å². The lowest BCUT2D eigenvalue weighted by Crippen LogP contribution is -1.99. The molecule has 0 N–H and O–H groups in total. The maximum atomic E-state index is 6.21. The van der Waals surface area contributed by atoms with E-state index in [1.165, 1.54) is 11.1 Å². The highest BCUT2D eigenvalue weighted by molar-refractivity contribution is 6.35. The molecule has 0 amide bonds. The lowest BCUT2D eigenvalue weighted by Gasteiger charge is -2.10. The summed E-state index contributed by atoms with van der Waals surface area (Å²) in [5, 5.41) is 1.21. The third-order valence-corrected chi connectivity index (χ3v) is 4.75. The van der Waals surface area contributed by atoms with Crippen LogP contribution in [0.1, 0.15) is 22.3 Å². The molecular formula is C22H19Cl2NO. The second kappa shape index (κ2) is 8.39. The number of aliphatic imine (C=N–C) groups is 1. The van der Waals surface area contributed by atoms with Gasteiger partial charge in [0.15, 0.2) is 0 Å². The van der Waals surface area contributed by atoms with Gasteiger partial charge in [0.2, 0.25) is 0 Å². The van der Waals surface area contributed by atoms with Crippen LogP contribution in [0, 0.1) is 13.8 Å². The van der Waals surface area contributed by atoms with Crippen LogP contribution in [0.2, 0.25) is 10.0 Å². The minimum atomic E-state index is 0.366. The first-order chi connectivity index (χ1) is 12.5. The van der Waals surface area contributed by atoms with E-state index in [0.717, 1.165) is 22.6 Å². The van der Waals surface area contributed by atoms with Crippen molar-refractivity contribution >= 4 is 35.1 Å². The Hall–Kier alpha value is -2.29. The van der Waals surface area contributed by atoms with Gasteiger partial charge in [-0.05, 0) is 61.4 Å². The predicted molar refractivity (Wildman–Crippen MR) is 110 cm³/mol. The first-order valence-corrected chi connectivity index (χ1v) is 9.05. The van der Waals surface area contributed by atoms with E-state index in [1.54, 1.807) is 12.1 Å². The smallest absolute Gasteiger partial charge is 0.128 e. The van der Waals surface area contributed by atoms with E-state index in [4.69, 9.17) is 27.9 Å². The molecule has 0 aliphatic rings. The Labute approximate surface area is 164 Å². The molecule has 0 saturated heterocycles. The molecule has 0 bridgehead atoms. The van der Waals surface area contributed by atoms with Gasteiger partial charge < -0.3 is 4.74 Å². The molecule has 0 saturated carbocycles. The lowest BCUT2D eigenvalue weighted by atomic mass is 10.1. The van der Waals surface area contributed by atoms with Gasteiger partial charge in [0, 0.05) is 27.4 Å². The average Bonchev–Trinajstić information content (AvgIpc) is 2.63. The highest BCUT2D eigenvalue weighted by Gasteiger charge is 2.05. The van der Waals surface area contributed by atoms with Gasteiger partial charge in [0.1, 0.15) is 12.4 Å². The van der Waals surface area contributed by atoms with Crippen LogP contribution in [-0.4, -0.2) is 6.21 Å². The number of nitrogens with zero attached hydrogens (tertiary/aromatic N) is 1. The maximum absolute atomic E-state index is 6.21. The number of hydrogen-bond acceptors (Lipinski definition) is 2. The number of halogens is 2. The molecular weight excluding hydrogens is 365 g/mol. The van der Waals surface area contributed by atoms with Crippen molar-refractivity contribution in [2.75, 3.05) is 0 Å². The van der Waals surface area contributed by atoms with E-state index in [9.17, 15) is 0 Å². The minimum Gasteiger partial charge on any atom is -0.488 e. The normalized spacial score (nSPS) is 11.1. The fourth-order valence-corrected chi connectivity index (χ4v) is 2.93. The summed E-state index contributed by atoms with van der Waals surface area (Å²) in [4.78, 5) is 4.57. The zero-order valence-corrected chi connectivity index (χ0v) is 16.2. The fourth-order valence-electron chi connectivity index (χ4n) is 2.46. The van der Waals surface area contributed by atoms with Crippen molar-refractivity contribution in [1.29, 1.82) is 0 Å². The summed E-state index contributed by atoms with van der Waals surface area (Å²) in [7, 11) is 0. The Morgan fingerprint density at radius 1 is 0.923 bits per heavy atom. The first-order valence-electron chi connectivity index (χ1n) is 8.30. The van der Waals surface area contributed by atoms with E-state index in [0.29, 0.717) is 16.7 Å². The standard InChI is InChI=1S/C22H19Cl2NO/c1-15-7-10-20(11-16(15)2)25-13-17-5-3-4-6-22(17)26-14-18-8-9-19(23)12-21(18)24/h3-13H,14H2,1-2H3. The molecule has 0 unspecified atom stereocenters. The summed E-state index contributed by atoms with van der Waals surface area (Å²) in [6.45, 7) is 4.54. The van der Waals surface area contributed by atoms with Crippen molar-refractivity contribution < 1.29 is 4.74 Å². The third kappa shape index (κ3) is 4.66. The highest BCUT2D eigenvalue weighted by Crippen LogP contribution is 2.24. The molecule has 26 heavy (non-hydrogen) atoms. The summed E-state index contributed by atoms with van der Waals surface area (Å²) in [6.07, 6.45) is 1.82. The number of benzene rings is 3. The second-order valence-electron chi connectivity index (χ2n) is 6.09. The predicted octanol–water partition coefficient (Wildman–Crippen LogP) is 6.94. The number of para-hydroxylation sites is 1. The molecule has 0 atom stereocenters. The second-order valence-corrected chi connectivity index (χ2v) is 6.93. The van der Waals surface area contributed by atoms with Crippen molar-refractivity contribution in [2.45, 2.75) is 20.5 Å². The molecule has 0 aliphatic heterocycles. The Morgan fingerprint density at radius 3 is 2.50 bits per heavy atom. The molecule has 0 radical (unpaired) electrons. The lowest BCUT2D eigenvalue weighted by molar-refractivity contribution is 0.306. The zero-order chi connectivity index (χ0) is 18.5. The number of aryl methyl sites for hydroxylation is 2. The quantitative estimate of drug-likeness (QED) is 0.437. The van der Waals surface area contributed by atoms with E-state index >= 15 is 0 Å². The monoisotopic (exact) mass is 383 g/mol. The van der Waals surface area contributed by atoms with Crippen LogP contribution in [0.5, 0.6) is 5.75 Å². The topological polar surface area (TPSA) is 21.6 Å². The van der Waals surface area contributed by atoms with Crippen LogP contribution in [0.3, 0.4) is 0 Å². The minimum absolute atomic E-state index is 0.366. The summed E-state index contributed by atoms with van der Waals surface area (Å²) in [5.41, 5.74) is 5.20. The van der Waals surface area contributed by atoms with Gasteiger partial charge in [-0.3, -0.25) is 4.99 Å². The van der Waals surface area contributed by atoms with Gasteiger partial charge >= 0.3 is 0 Å². The first kappa shape index (κ1) is 18.5. The van der Waals surface area contributed by atoms with Crippen molar-refractivity contribution in [1.82, 2.24) is 0 Å². The van der Waals surface area contributed by atoms with E-state index in [-0.39, 0.29) is 0 Å². The van der Waals surface area contributed by atoms with Crippen LogP contribution >= 0.6 is 23.2 Å². The van der Waals surface area contributed by atoms with Crippen LogP contribution in [-0.2, 0) is 6.61 Å². The van der Waals surface area contributed by atoms with Crippen LogP contribution in [0.25, 0.3) is 0 Å². The maximum Gasteiger partial charge on any atom is 0.128 e. The van der Waals surface area contributed by atoms with Gasteiger partial charge in [-0.25, -0.2) is 0 Å². The zero-order valence-electron chi connectivity index (χ0n) is 14.7. The summed E-state index contributed by atoms with van der Waals surface area (Å²) in [5.74, 6) is 0.756. The van der Waals surface area contributed by atoms with Crippen molar-refractivity contribution in [3.63, 3.8) is 0 Å². The molecule has 3 aromatic rings. The summed E-state index contributed by atoms with van der Waals surface area (Å²) in [6, 6.07) is 19.3. The molecule has 0 aliphatic carbocycles. The molecule has 132 valence electrons. The molecule has 0 fully saturated rings. The molecule has 3 rings (SSSR count). The van der Waals surface area contributed by atoms with Crippen LogP contribution < -0.4 is 4.74 Å². The molecule has 0 spiro atoms. The number of rotatable bonds is 5. The largest absolute Gasteiger partial charge is 0.488 e. The molecule has 2 nitrogen and oxygen atoms in total. The van der Waals surface area contributed by atoms with E-state index in [1.807, 2.05) is 42.6 Å². The van der Waals surface area contributed by atoms with Gasteiger partial charge in [0.25, 0.3) is 0 Å². The van der Waals surface area contributed by atoms with Gasteiger partial charge in [0.05, 0.1) is 5.69 Å². The Morgan fingerprint density at radius 2 is 1.73 bits per heavy atom. The van der Waals surface area contributed by atoms with Crippen LogP contribution in [0.15, 0.2) is 65.7 Å². The van der Waals surface area contributed by atoms with Crippen molar-refractivity contribution in [2.24, 2.45) is 4.99 Å². The Bertz CT molecular complexity index is 951. The molecule has 0 aromatic heterocycles. The van der Waals surface area contributed by atoms with Crippen molar-refractivity contribution in [3.8, 4) is 5.75 Å². The highest BCUT2D eigenvalue weighted by atomic mass is 35.5. The van der Waals surface area contributed by atoms with Crippen LogP contribution in [0.4, 0.5) is 5.69 Å². The summed E-state index contributed by atoms with van der Waals surface area (Å²) >= 11 is 12.2. The van der Waals surface area contributed by atoms with E-state index in [2.05, 4.69) is 31.0 Å². The Balaban J connectivity index is 1.77. The molecule has 3 aromatic carbocycles.